The van der Waals surface area contributed by atoms with Gasteiger partial charge in [0.05, 0.1) is 10.7 Å². The monoisotopic (exact) mass is 257 g/mol. The van der Waals surface area contributed by atoms with Crippen LogP contribution < -0.4 is 10.1 Å². The zero-order valence-corrected chi connectivity index (χ0v) is 11.4. The summed E-state index contributed by atoms with van der Waals surface area (Å²) in [5, 5.41) is 3.87. The fourth-order valence-corrected chi connectivity index (χ4v) is 1.42. The number of hydrogen-bond acceptors (Lipinski definition) is 4. The number of ether oxygens (including phenoxy) is 1. The van der Waals surface area contributed by atoms with Crippen molar-refractivity contribution in [1.29, 1.82) is 0 Å². The van der Waals surface area contributed by atoms with E-state index in [4.69, 9.17) is 16.3 Å². The molecule has 0 aromatic carbocycles. The highest BCUT2D eigenvalue weighted by Gasteiger charge is 2.04. The van der Waals surface area contributed by atoms with Gasteiger partial charge in [0.15, 0.2) is 0 Å². The lowest BCUT2D eigenvalue weighted by molar-refractivity contribution is 0.253. The molecular weight excluding hydrogens is 238 g/mol. The van der Waals surface area contributed by atoms with Crippen molar-refractivity contribution in [3.8, 4) is 5.88 Å². The van der Waals surface area contributed by atoms with Crippen molar-refractivity contribution in [2.75, 3.05) is 33.8 Å². The molecule has 0 atom stereocenters. The molecule has 1 aromatic rings. The molecule has 17 heavy (non-hydrogen) atoms. The summed E-state index contributed by atoms with van der Waals surface area (Å²) < 4.78 is 5.55. The normalized spacial score (nSPS) is 10.9. The molecule has 0 aliphatic heterocycles. The van der Waals surface area contributed by atoms with Crippen LogP contribution in [0.15, 0.2) is 12.1 Å². The van der Waals surface area contributed by atoms with Gasteiger partial charge in [-0.25, -0.2) is 4.98 Å². The molecular formula is C12H20ClN3O. The molecule has 0 spiro atoms. The first-order valence-corrected chi connectivity index (χ1v) is 6.15. The Kier molecular flexibility index (Phi) is 6.26. The SMILES string of the molecule is CCNCc1nc(OCCN(C)C)ccc1Cl. The minimum atomic E-state index is 0.627. The quantitative estimate of drug-likeness (QED) is 0.808. The summed E-state index contributed by atoms with van der Waals surface area (Å²) >= 11 is 6.05. The summed E-state index contributed by atoms with van der Waals surface area (Å²) in [5.74, 6) is 0.629. The van der Waals surface area contributed by atoms with Crippen molar-refractivity contribution in [2.45, 2.75) is 13.5 Å². The fourth-order valence-electron chi connectivity index (χ4n) is 1.24. The molecule has 0 aliphatic carbocycles. The number of likely N-dealkylation sites (N-methyl/N-ethyl adjacent to an activating group) is 1. The lowest BCUT2D eigenvalue weighted by Gasteiger charge is -2.11. The predicted octanol–water partition coefficient (Wildman–Crippen LogP) is 1.78. The minimum absolute atomic E-state index is 0.627. The molecule has 1 rings (SSSR count). The van der Waals surface area contributed by atoms with E-state index in [1.54, 1.807) is 6.07 Å². The van der Waals surface area contributed by atoms with Crippen LogP contribution in [0.4, 0.5) is 0 Å². The van der Waals surface area contributed by atoms with E-state index in [-0.39, 0.29) is 0 Å². The van der Waals surface area contributed by atoms with Crippen molar-refractivity contribution in [1.82, 2.24) is 15.2 Å². The molecule has 4 nitrogen and oxygen atoms in total. The summed E-state index contributed by atoms with van der Waals surface area (Å²) in [4.78, 5) is 6.44. The second-order valence-electron chi connectivity index (χ2n) is 4.01. The standard InChI is InChI=1S/C12H20ClN3O/c1-4-14-9-11-10(13)5-6-12(15-11)17-8-7-16(2)3/h5-6,14H,4,7-9H2,1-3H3. The molecule has 1 N–H and O–H groups in total. The van der Waals surface area contributed by atoms with Crippen LogP contribution in [0.3, 0.4) is 0 Å². The maximum absolute atomic E-state index is 6.05. The average molecular weight is 258 g/mol. The van der Waals surface area contributed by atoms with Crippen molar-refractivity contribution < 1.29 is 4.74 Å². The Morgan fingerprint density at radius 2 is 2.18 bits per heavy atom. The first-order valence-electron chi connectivity index (χ1n) is 5.77. The van der Waals surface area contributed by atoms with Gasteiger partial charge in [-0.1, -0.05) is 18.5 Å². The van der Waals surface area contributed by atoms with E-state index < -0.39 is 0 Å². The van der Waals surface area contributed by atoms with Crippen LogP contribution in [-0.4, -0.2) is 43.7 Å². The number of rotatable bonds is 7. The molecule has 96 valence electrons. The summed E-state index contributed by atoms with van der Waals surface area (Å²) in [6, 6.07) is 3.62. The van der Waals surface area contributed by atoms with Crippen LogP contribution in [-0.2, 0) is 6.54 Å². The van der Waals surface area contributed by atoms with Crippen LogP contribution in [0.5, 0.6) is 5.88 Å². The van der Waals surface area contributed by atoms with E-state index >= 15 is 0 Å². The van der Waals surface area contributed by atoms with E-state index in [9.17, 15) is 0 Å². The van der Waals surface area contributed by atoms with Gasteiger partial charge in [-0.2, -0.15) is 0 Å². The second kappa shape index (κ2) is 7.48. The van der Waals surface area contributed by atoms with Gasteiger partial charge in [0, 0.05) is 19.2 Å². The van der Waals surface area contributed by atoms with E-state index in [0.717, 1.165) is 18.8 Å². The van der Waals surface area contributed by atoms with Crippen LogP contribution in [0.25, 0.3) is 0 Å². The average Bonchev–Trinajstić information content (AvgIpc) is 2.29. The van der Waals surface area contributed by atoms with Crippen molar-refractivity contribution in [2.24, 2.45) is 0 Å². The lowest BCUT2D eigenvalue weighted by Crippen LogP contribution is -2.20. The largest absolute Gasteiger partial charge is 0.476 e. The molecule has 0 fully saturated rings. The highest BCUT2D eigenvalue weighted by Crippen LogP contribution is 2.17. The van der Waals surface area contributed by atoms with Crippen molar-refractivity contribution in [3.63, 3.8) is 0 Å². The molecule has 0 amide bonds. The Morgan fingerprint density at radius 3 is 2.82 bits per heavy atom. The second-order valence-corrected chi connectivity index (χ2v) is 4.42. The number of aromatic nitrogens is 1. The zero-order chi connectivity index (χ0) is 12.7. The first-order chi connectivity index (χ1) is 8.13. The summed E-state index contributed by atoms with van der Waals surface area (Å²) in [7, 11) is 4.02. The lowest BCUT2D eigenvalue weighted by atomic mass is 10.3. The maximum atomic E-state index is 6.05. The Bertz CT molecular complexity index is 345. The highest BCUT2D eigenvalue weighted by molar-refractivity contribution is 6.31. The third-order valence-electron chi connectivity index (χ3n) is 2.22. The number of hydrogen-bond donors (Lipinski definition) is 1. The van der Waals surface area contributed by atoms with Gasteiger partial charge in [0.2, 0.25) is 5.88 Å². The van der Waals surface area contributed by atoms with Crippen LogP contribution in [0.1, 0.15) is 12.6 Å². The van der Waals surface area contributed by atoms with Crippen molar-refractivity contribution >= 4 is 11.6 Å². The topological polar surface area (TPSA) is 37.4 Å². The third-order valence-corrected chi connectivity index (χ3v) is 2.57. The van der Waals surface area contributed by atoms with Crippen LogP contribution in [0, 0.1) is 0 Å². The van der Waals surface area contributed by atoms with Gasteiger partial charge in [0.1, 0.15) is 6.61 Å². The molecule has 0 radical (unpaired) electrons. The van der Waals surface area contributed by atoms with E-state index in [0.29, 0.717) is 24.1 Å². The summed E-state index contributed by atoms with van der Waals surface area (Å²) in [6.45, 7) is 5.10. The number of pyridine rings is 1. The Labute approximate surface area is 108 Å². The predicted molar refractivity (Wildman–Crippen MR) is 70.7 cm³/mol. The van der Waals surface area contributed by atoms with Gasteiger partial charge in [-0.05, 0) is 26.7 Å². The van der Waals surface area contributed by atoms with Gasteiger partial charge in [-0.3, -0.25) is 0 Å². The smallest absolute Gasteiger partial charge is 0.213 e. The third kappa shape index (κ3) is 5.35. The Balaban J connectivity index is 2.55. The van der Waals surface area contributed by atoms with Gasteiger partial charge in [0.25, 0.3) is 0 Å². The van der Waals surface area contributed by atoms with Gasteiger partial charge in [-0.15, -0.1) is 0 Å². The molecule has 0 unspecified atom stereocenters. The Hall–Kier alpha value is -0.840. The molecule has 0 saturated carbocycles. The van der Waals surface area contributed by atoms with Crippen LogP contribution in [0.2, 0.25) is 5.02 Å². The maximum Gasteiger partial charge on any atom is 0.213 e. The van der Waals surface area contributed by atoms with Gasteiger partial charge >= 0.3 is 0 Å². The minimum Gasteiger partial charge on any atom is -0.476 e. The fraction of sp³-hybridized carbons (Fsp3) is 0.583. The van der Waals surface area contributed by atoms with E-state index in [1.165, 1.54) is 0 Å². The molecule has 5 heteroatoms. The van der Waals surface area contributed by atoms with Gasteiger partial charge < -0.3 is 15.0 Å². The molecule has 1 heterocycles. The van der Waals surface area contributed by atoms with Crippen molar-refractivity contribution in [3.05, 3.63) is 22.8 Å². The van der Waals surface area contributed by atoms with E-state index in [1.807, 2.05) is 27.1 Å². The van der Waals surface area contributed by atoms with Crippen LogP contribution >= 0.6 is 11.6 Å². The highest BCUT2D eigenvalue weighted by atomic mass is 35.5. The zero-order valence-electron chi connectivity index (χ0n) is 10.7. The first kappa shape index (κ1) is 14.2. The molecule has 0 saturated heterocycles. The number of halogens is 1. The number of nitrogens with zero attached hydrogens (tertiary/aromatic N) is 2. The molecule has 0 bridgehead atoms. The van der Waals surface area contributed by atoms with E-state index in [2.05, 4.69) is 15.2 Å². The molecule has 0 aliphatic rings. The molecule has 1 aromatic heterocycles. The summed E-state index contributed by atoms with van der Waals surface area (Å²) in [5.41, 5.74) is 0.830. The Morgan fingerprint density at radius 1 is 1.41 bits per heavy atom. The number of nitrogens with one attached hydrogen (secondary N) is 1. The summed E-state index contributed by atoms with van der Waals surface area (Å²) in [6.07, 6.45) is 0.